The first-order chi connectivity index (χ1) is 8.78. The van der Waals surface area contributed by atoms with Gasteiger partial charge in [0.05, 0.1) is 27.5 Å². The van der Waals surface area contributed by atoms with E-state index in [0.29, 0.717) is 5.75 Å². The van der Waals surface area contributed by atoms with Gasteiger partial charge in [-0.3, -0.25) is 4.98 Å². The second-order valence-electron chi connectivity index (χ2n) is 3.68. The summed E-state index contributed by atoms with van der Waals surface area (Å²) < 4.78 is 15.8. The molecule has 1 aromatic heterocycles. The normalized spacial score (nSPS) is 9.94. The van der Waals surface area contributed by atoms with Crippen molar-refractivity contribution in [3.05, 3.63) is 36.7 Å². The van der Waals surface area contributed by atoms with Crippen LogP contribution < -0.4 is 14.2 Å². The summed E-state index contributed by atoms with van der Waals surface area (Å²) >= 11 is 0. The summed E-state index contributed by atoms with van der Waals surface area (Å²) in [6.07, 6.45) is 3.41. The second-order valence-corrected chi connectivity index (χ2v) is 3.68. The van der Waals surface area contributed by atoms with E-state index < -0.39 is 0 Å². The molecule has 18 heavy (non-hydrogen) atoms. The van der Waals surface area contributed by atoms with Crippen molar-refractivity contribution in [2.45, 2.75) is 0 Å². The van der Waals surface area contributed by atoms with Crippen LogP contribution in [0.4, 0.5) is 0 Å². The molecule has 0 N–H and O–H groups in total. The number of nitrogens with zero attached hydrogens (tertiary/aromatic N) is 1. The van der Waals surface area contributed by atoms with Crippen LogP contribution in [0.5, 0.6) is 17.2 Å². The van der Waals surface area contributed by atoms with E-state index >= 15 is 0 Å². The van der Waals surface area contributed by atoms with Crippen LogP contribution in [-0.4, -0.2) is 26.3 Å². The third-order valence-electron chi connectivity index (χ3n) is 2.67. The maximum Gasteiger partial charge on any atom is 0.144 e. The zero-order chi connectivity index (χ0) is 13.0. The van der Waals surface area contributed by atoms with E-state index in [0.717, 1.165) is 22.6 Å². The summed E-state index contributed by atoms with van der Waals surface area (Å²) in [7, 11) is 4.88. The molecule has 4 heteroatoms. The van der Waals surface area contributed by atoms with Crippen molar-refractivity contribution in [1.29, 1.82) is 0 Å². The molecule has 0 unspecified atom stereocenters. The van der Waals surface area contributed by atoms with Crippen molar-refractivity contribution in [3.63, 3.8) is 0 Å². The molecular weight excluding hydrogens is 230 g/mol. The highest BCUT2D eigenvalue weighted by Crippen LogP contribution is 2.34. The number of rotatable bonds is 4. The molecule has 2 aromatic rings. The molecule has 2 rings (SSSR count). The number of hydrogen-bond donors (Lipinski definition) is 0. The molecule has 1 aromatic carbocycles. The third kappa shape index (κ3) is 2.37. The molecule has 1 heterocycles. The molecule has 0 aliphatic heterocycles. The molecule has 0 aliphatic carbocycles. The van der Waals surface area contributed by atoms with Gasteiger partial charge in [0.25, 0.3) is 0 Å². The standard InChI is InChI=1S/C14H15NO3/c1-16-11-6-10(7-12(8-11)17-2)13-4-5-15-9-14(13)18-3/h4-9H,1-3H3. The zero-order valence-corrected chi connectivity index (χ0v) is 10.6. The minimum absolute atomic E-state index is 0.716. The summed E-state index contributed by atoms with van der Waals surface area (Å²) in [4.78, 5) is 4.04. The van der Waals surface area contributed by atoms with Crippen molar-refractivity contribution in [3.8, 4) is 28.4 Å². The SMILES string of the molecule is COc1cc(OC)cc(-c2ccncc2OC)c1. The molecule has 0 atom stereocenters. The Balaban J connectivity index is 2.55. The van der Waals surface area contributed by atoms with Gasteiger partial charge in [-0.05, 0) is 23.8 Å². The first-order valence-electron chi connectivity index (χ1n) is 5.50. The minimum Gasteiger partial charge on any atom is -0.497 e. The number of hydrogen-bond acceptors (Lipinski definition) is 4. The van der Waals surface area contributed by atoms with Crippen LogP contribution in [-0.2, 0) is 0 Å². The molecule has 94 valence electrons. The number of aromatic nitrogens is 1. The summed E-state index contributed by atoms with van der Waals surface area (Å²) in [6.45, 7) is 0. The maximum atomic E-state index is 5.30. The fourth-order valence-electron chi connectivity index (χ4n) is 1.74. The predicted molar refractivity (Wildman–Crippen MR) is 69.3 cm³/mol. The lowest BCUT2D eigenvalue weighted by Crippen LogP contribution is -1.92. The zero-order valence-electron chi connectivity index (χ0n) is 10.6. The molecule has 0 radical (unpaired) electrons. The van der Waals surface area contributed by atoms with Gasteiger partial charge in [0.2, 0.25) is 0 Å². The van der Waals surface area contributed by atoms with E-state index in [9.17, 15) is 0 Å². The van der Waals surface area contributed by atoms with E-state index in [1.165, 1.54) is 0 Å². The number of pyridine rings is 1. The Morgan fingerprint density at radius 1 is 0.889 bits per heavy atom. The molecular formula is C14H15NO3. The van der Waals surface area contributed by atoms with Gasteiger partial charge in [-0.1, -0.05) is 0 Å². The van der Waals surface area contributed by atoms with Crippen molar-refractivity contribution in [2.75, 3.05) is 21.3 Å². The molecule has 0 saturated carbocycles. The van der Waals surface area contributed by atoms with E-state index in [4.69, 9.17) is 14.2 Å². The van der Waals surface area contributed by atoms with Crippen LogP contribution >= 0.6 is 0 Å². The Hall–Kier alpha value is -2.23. The monoisotopic (exact) mass is 245 g/mol. The van der Waals surface area contributed by atoms with E-state index in [-0.39, 0.29) is 0 Å². The van der Waals surface area contributed by atoms with Crippen molar-refractivity contribution in [2.24, 2.45) is 0 Å². The van der Waals surface area contributed by atoms with Crippen LogP contribution in [0.3, 0.4) is 0 Å². The highest BCUT2D eigenvalue weighted by molar-refractivity contribution is 5.72. The van der Waals surface area contributed by atoms with Gasteiger partial charge >= 0.3 is 0 Å². The molecule has 0 spiro atoms. The van der Waals surface area contributed by atoms with Crippen LogP contribution in [0, 0.1) is 0 Å². The average molecular weight is 245 g/mol. The van der Waals surface area contributed by atoms with Crippen LogP contribution in [0.1, 0.15) is 0 Å². The fourth-order valence-corrected chi connectivity index (χ4v) is 1.74. The lowest BCUT2D eigenvalue weighted by molar-refractivity contribution is 0.394. The molecule has 0 saturated heterocycles. The Labute approximate surface area is 106 Å². The topological polar surface area (TPSA) is 40.6 Å². The van der Waals surface area contributed by atoms with Crippen LogP contribution in [0.15, 0.2) is 36.7 Å². The number of ether oxygens (including phenoxy) is 3. The smallest absolute Gasteiger partial charge is 0.144 e. The minimum atomic E-state index is 0.716. The molecule has 0 aliphatic rings. The Morgan fingerprint density at radius 3 is 2.11 bits per heavy atom. The van der Waals surface area contributed by atoms with Crippen molar-refractivity contribution in [1.82, 2.24) is 4.98 Å². The lowest BCUT2D eigenvalue weighted by atomic mass is 10.1. The largest absolute Gasteiger partial charge is 0.497 e. The van der Waals surface area contributed by atoms with Gasteiger partial charge in [0.15, 0.2) is 0 Å². The highest BCUT2D eigenvalue weighted by atomic mass is 16.5. The Bertz CT molecular complexity index is 518. The van der Waals surface area contributed by atoms with Gasteiger partial charge in [-0.25, -0.2) is 0 Å². The average Bonchev–Trinajstić information content (AvgIpc) is 2.46. The summed E-state index contributed by atoms with van der Waals surface area (Å²) in [5.74, 6) is 2.19. The van der Waals surface area contributed by atoms with Gasteiger partial charge in [-0.15, -0.1) is 0 Å². The summed E-state index contributed by atoms with van der Waals surface area (Å²) in [5.41, 5.74) is 1.91. The summed E-state index contributed by atoms with van der Waals surface area (Å²) in [6, 6.07) is 7.59. The van der Waals surface area contributed by atoms with Gasteiger partial charge < -0.3 is 14.2 Å². The second kappa shape index (κ2) is 5.40. The molecule has 0 fully saturated rings. The summed E-state index contributed by atoms with van der Waals surface area (Å²) in [5, 5.41) is 0. The number of benzene rings is 1. The van der Waals surface area contributed by atoms with Crippen LogP contribution in [0.25, 0.3) is 11.1 Å². The van der Waals surface area contributed by atoms with Crippen molar-refractivity contribution >= 4 is 0 Å². The predicted octanol–water partition coefficient (Wildman–Crippen LogP) is 2.77. The highest BCUT2D eigenvalue weighted by Gasteiger charge is 2.08. The van der Waals surface area contributed by atoms with E-state index in [1.54, 1.807) is 33.7 Å². The lowest BCUT2D eigenvalue weighted by Gasteiger charge is -2.11. The van der Waals surface area contributed by atoms with Crippen molar-refractivity contribution < 1.29 is 14.2 Å². The van der Waals surface area contributed by atoms with E-state index in [1.807, 2.05) is 24.3 Å². The third-order valence-corrected chi connectivity index (χ3v) is 2.67. The Morgan fingerprint density at radius 2 is 1.56 bits per heavy atom. The van der Waals surface area contributed by atoms with Gasteiger partial charge in [0.1, 0.15) is 17.2 Å². The molecule has 4 nitrogen and oxygen atoms in total. The maximum absolute atomic E-state index is 5.30. The Kier molecular flexibility index (Phi) is 3.67. The van der Waals surface area contributed by atoms with Crippen LogP contribution in [0.2, 0.25) is 0 Å². The fraction of sp³-hybridized carbons (Fsp3) is 0.214. The van der Waals surface area contributed by atoms with E-state index in [2.05, 4.69) is 4.98 Å². The first kappa shape index (κ1) is 12.2. The number of methoxy groups -OCH3 is 3. The van der Waals surface area contributed by atoms with Gasteiger partial charge in [-0.2, -0.15) is 0 Å². The molecule has 0 amide bonds. The quantitative estimate of drug-likeness (QED) is 0.830. The molecule has 0 bridgehead atoms. The first-order valence-corrected chi connectivity index (χ1v) is 5.50. The van der Waals surface area contributed by atoms with Gasteiger partial charge in [0, 0.05) is 17.8 Å².